The monoisotopic (exact) mass is 579 g/mol. The normalized spacial score (nSPS) is 10.8. The first kappa shape index (κ1) is 24.5. The summed E-state index contributed by atoms with van der Waals surface area (Å²) in [5, 5.41) is 8.24. The van der Waals surface area contributed by atoms with Crippen LogP contribution in [0, 0.1) is 4.77 Å². The lowest BCUT2D eigenvalue weighted by Gasteiger charge is -2.17. The Bertz CT molecular complexity index is 1330. The Morgan fingerprint density at radius 3 is 2.56 bits per heavy atom. The van der Waals surface area contributed by atoms with Crippen molar-refractivity contribution in [3.05, 3.63) is 85.3 Å². The summed E-state index contributed by atoms with van der Waals surface area (Å²) < 4.78 is 14.8. The quantitative estimate of drug-likeness (QED) is 0.212. The summed E-state index contributed by atoms with van der Waals surface area (Å²) in [6.45, 7) is 3.06. The molecule has 0 unspecified atom stereocenters. The smallest absolute Gasteiger partial charge is 0.214 e. The van der Waals surface area contributed by atoms with E-state index in [0.29, 0.717) is 50.9 Å². The molecule has 2 N–H and O–H groups in total. The Hall–Kier alpha value is -2.59. The number of nitrogens with one attached hydrogen (secondary N) is 2. The predicted molar refractivity (Wildman–Crippen MR) is 140 cm³/mol. The standard InChI is InChI=1S/C23H20BrCl2N5O2S/c1-2-32-20-11-14(10-17(24)21(20)33-13-16-18(25)4-3-5-19(16)26)12-28-31-22(29-30-23(31)34)15-6-8-27-9-7-15/h3-11,28H,2,12-13H2,1H3,(H,30,34). The van der Waals surface area contributed by atoms with Crippen LogP contribution in [-0.4, -0.2) is 26.5 Å². The van der Waals surface area contributed by atoms with Crippen molar-refractivity contribution >= 4 is 51.3 Å². The highest BCUT2D eigenvalue weighted by Gasteiger charge is 2.15. The molecule has 34 heavy (non-hydrogen) atoms. The van der Waals surface area contributed by atoms with E-state index in [1.807, 2.05) is 31.2 Å². The van der Waals surface area contributed by atoms with Crippen molar-refractivity contribution in [2.24, 2.45) is 0 Å². The molecule has 7 nitrogen and oxygen atoms in total. The van der Waals surface area contributed by atoms with Crippen LogP contribution in [0.2, 0.25) is 10.0 Å². The van der Waals surface area contributed by atoms with Gasteiger partial charge in [-0.15, -0.1) is 0 Å². The van der Waals surface area contributed by atoms with Gasteiger partial charge in [-0.3, -0.25) is 4.98 Å². The third-order valence-corrected chi connectivity index (χ3v) is 6.41. The summed E-state index contributed by atoms with van der Waals surface area (Å²) in [6.07, 6.45) is 3.41. The van der Waals surface area contributed by atoms with Crippen molar-refractivity contribution < 1.29 is 9.47 Å². The van der Waals surface area contributed by atoms with Crippen LogP contribution in [0.4, 0.5) is 0 Å². The number of halogens is 3. The highest BCUT2D eigenvalue weighted by atomic mass is 79.9. The van der Waals surface area contributed by atoms with Crippen molar-refractivity contribution in [3.63, 3.8) is 0 Å². The molecule has 11 heteroatoms. The number of benzene rings is 2. The molecule has 2 aromatic heterocycles. The number of aromatic nitrogens is 4. The molecule has 2 heterocycles. The number of hydrogen-bond donors (Lipinski definition) is 2. The molecule has 4 rings (SSSR count). The van der Waals surface area contributed by atoms with Gasteiger partial charge < -0.3 is 14.9 Å². The molecule has 0 bridgehead atoms. The van der Waals surface area contributed by atoms with Gasteiger partial charge in [0.15, 0.2) is 17.3 Å². The summed E-state index contributed by atoms with van der Waals surface area (Å²) in [5.41, 5.74) is 5.85. The van der Waals surface area contributed by atoms with E-state index in [0.717, 1.165) is 15.6 Å². The van der Waals surface area contributed by atoms with E-state index < -0.39 is 0 Å². The van der Waals surface area contributed by atoms with Crippen molar-refractivity contribution in [1.29, 1.82) is 0 Å². The second-order valence-corrected chi connectivity index (χ2v) is 9.14. The van der Waals surface area contributed by atoms with E-state index in [9.17, 15) is 0 Å². The second-order valence-electron chi connectivity index (χ2n) is 7.09. The van der Waals surface area contributed by atoms with Crippen LogP contribution < -0.4 is 14.9 Å². The number of H-pyrrole nitrogens is 1. The third kappa shape index (κ3) is 5.55. The number of pyridine rings is 1. The van der Waals surface area contributed by atoms with Crippen molar-refractivity contribution in [1.82, 2.24) is 19.9 Å². The number of ether oxygens (including phenoxy) is 2. The van der Waals surface area contributed by atoms with E-state index in [-0.39, 0.29) is 6.61 Å². The molecule has 0 aliphatic rings. The van der Waals surface area contributed by atoms with Gasteiger partial charge in [0.2, 0.25) is 4.77 Å². The summed E-state index contributed by atoms with van der Waals surface area (Å²) >= 11 is 21.6. The molecule has 0 saturated carbocycles. The van der Waals surface area contributed by atoms with Crippen LogP contribution >= 0.6 is 51.3 Å². The summed E-state index contributed by atoms with van der Waals surface area (Å²) in [5.74, 6) is 1.83. The lowest BCUT2D eigenvalue weighted by molar-refractivity contribution is 0.267. The largest absolute Gasteiger partial charge is 0.490 e. The van der Waals surface area contributed by atoms with Crippen LogP contribution in [0.1, 0.15) is 18.1 Å². The van der Waals surface area contributed by atoms with Gasteiger partial charge in [-0.2, -0.15) is 5.10 Å². The molecular weight excluding hydrogens is 561 g/mol. The predicted octanol–water partition coefficient (Wildman–Crippen LogP) is 6.79. The average Bonchev–Trinajstić information content (AvgIpc) is 3.19. The molecule has 0 aliphatic heterocycles. The minimum Gasteiger partial charge on any atom is -0.490 e. The van der Waals surface area contributed by atoms with Crippen LogP contribution in [0.15, 0.2) is 59.3 Å². The molecular formula is C23H20BrCl2N5O2S. The number of rotatable bonds is 9. The molecule has 0 amide bonds. The molecule has 0 atom stereocenters. The fourth-order valence-electron chi connectivity index (χ4n) is 3.25. The van der Waals surface area contributed by atoms with Crippen molar-refractivity contribution in [2.75, 3.05) is 12.0 Å². The Labute approximate surface area is 220 Å². The first-order valence-electron chi connectivity index (χ1n) is 10.3. The molecule has 4 aromatic rings. The Kier molecular flexibility index (Phi) is 8.10. The van der Waals surface area contributed by atoms with Crippen molar-refractivity contribution in [3.8, 4) is 22.9 Å². The summed E-state index contributed by atoms with van der Waals surface area (Å²) in [4.78, 5) is 4.05. The lowest BCUT2D eigenvalue weighted by atomic mass is 10.2. The number of hydrogen-bond acceptors (Lipinski definition) is 6. The van der Waals surface area contributed by atoms with Gasteiger partial charge in [0.25, 0.3) is 0 Å². The fourth-order valence-corrected chi connectivity index (χ4v) is 4.56. The Morgan fingerprint density at radius 1 is 1.12 bits per heavy atom. The maximum Gasteiger partial charge on any atom is 0.214 e. The van der Waals surface area contributed by atoms with Gasteiger partial charge in [0.05, 0.1) is 17.6 Å². The van der Waals surface area contributed by atoms with Crippen LogP contribution in [0.5, 0.6) is 11.5 Å². The fraction of sp³-hybridized carbons (Fsp3) is 0.174. The Morgan fingerprint density at radius 2 is 1.85 bits per heavy atom. The van der Waals surface area contributed by atoms with Gasteiger partial charge in [0.1, 0.15) is 6.61 Å². The SMILES string of the molecule is CCOc1cc(CNn2c(-c3ccncc3)n[nH]c2=S)cc(Br)c1OCc1c(Cl)cccc1Cl. The molecule has 176 valence electrons. The van der Waals surface area contributed by atoms with Crippen molar-refractivity contribution in [2.45, 2.75) is 20.1 Å². The molecule has 0 fully saturated rings. The molecule has 0 saturated heterocycles. The zero-order chi connectivity index (χ0) is 24.1. The third-order valence-electron chi connectivity index (χ3n) is 4.84. The maximum absolute atomic E-state index is 6.28. The minimum absolute atomic E-state index is 0.203. The van der Waals surface area contributed by atoms with E-state index in [2.05, 4.69) is 36.5 Å². The van der Waals surface area contributed by atoms with Gasteiger partial charge in [0, 0.05) is 33.6 Å². The first-order valence-corrected chi connectivity index (χ1v) is 12.3. The lowest BCUT2D eigenvalue weighted by Crippen LogP contribution is -2.16. The zero-order valence-electron chi connectivity index (χ0n) is 18.0. The summed E-state index contributed by atoms with van der Waals surface area (Å²) in [6, 6.07) is 13.0. The molecule has 0 aliphatic carbocycles. The zero-order valence-corrected chi connectivity index (χ0v) is 21.9. The van der Waals surface area contributed by atoms with Crippen LogP contribution in [0.25, 0.3) is 11.4 Å². The van der Waals surface area contributed by atoms with Gasteiger partial charge in [-0.05, 0) is 77.0 Å². The molecule has 2 aromatic carbocycles. The molecule has 0 spiro atoms. The van der Waals surface area contributed by atoms with Gasteiger partial charge in [-0.25, -0.2) is 9.77 Å². The summed E-state index contributed by atoms with van der Waals surface area (Å²) in [7, 11) is 0. The second kappa shape index (κ2) is 11.2. The van der Waals surface area contributed by atoms with Crippen LogP contribution in [0.3, 0.4) is 0 Å². The van der Waals surface area contributed by atoms with E-state index in [4.69, 9.17) is 44.9 Å². The maximum atomic E-state index is 6.28. The van der Waals surface area contributed by atoms with Gasteiger partial charge in [-0.1, -0.05) is 29.3 Å². The highest BCUT2D eigenvalue weighted by molar-refractivity contribution is 9.10. The number of aromatic amines is 1. The molecule has 0 radical (unpaired) electrons. The average molecular weight is 581 g/mol. The van der Waals surface area contributed by atoms with E-state index >= 15 is 0 Å². The first-order chi connectivity index (χ1) is 16.5. The highest BCUT2D eigenvalue weighted by Crippen LogP contribution is 2.38. The van der Waals surface area contributed by atoms with E-state index in [1.165, 1.54) is 0 Å². The Balaban J connectivity index is 1.56. The minimum atomic E-state index is 0.203. The van der Waals surface area contributed by atoms with E-state index in [1.54, 1.807) is 35.3 Å². The van der Waals surface area contributed by atoms with Crippen LogP contribution in [-0.2, 0) is 13.2 Å². The topological polar surface area (TPSA) is 77.0 Å². The van der Waals surface area contributed by atoms with Gasteiger partial charge >= 0.3 is 0 Å². The number of nitrogens with zero attached hydrogens (tertiary/aromatic N) is 3.